The van der Waals surface area contributed by atoms with Gasteiger partial charge in [-0.1, -0.05) is 6.92 Å². The third-order valence-electron chi connectivity index (χ3n) is 3.77. The number of likely N-dealkylation sites (tertiary alicyclic amines) is 1. The third kappa shape index (κ3) is 3.19. The second-order valence-electron chi connectivity index (χ2n) is 5.07. The maximum Gasteiger partial charge on any atom is 0.242 e. The van der Waals surface area contributed by atoms with Crippen LogP contribution in [-0.4, -0.2) is 35.6 Å². The van der Waals surface area contributed by atoms with Gasteiger partial charge in [0.05, 0.1) is 6.07 Å². The lowest BCUT2D eigenvalue weighted by atomic mass is 9.86. The molecule has 1 heterocycles. The Bertz CT molecular complexity index is 309. The summed E-state index contributed by atoms with van der Waals surface area (Å²) in [6, 6.07) is 2.13. The molecule has 0 radical (unpaired) electrons. The lowest BCUT2D eigenvalue weighted by Gasteiger charge is -2.36. The zero-order valence-corrected chi connectivity index (χ0v) is 10.8. The first-order valence-corrected chi connectivity index (χ1v) is 6.39. The molecular formula is C13H22N2O2. The Morgan fingerprint density at radius 3 is 2.88 bits per heavy atom. The van der Waals surface area contributed by atoms with E-state index in [2.05, 4.69) is 6.07 Å². The molecule has 17 heavy (non-hydrogen) atoms. The highest BCUT2D eigenvalue weighted by molar-refractivity contribution is 5.85. The Labute approximate surface area is 103 Å². The van der Waals surface area contributed by atoms with Crippen LogP contribution in [0.3, 0.4) is 0 Å². The van der Waals surface area contributed by atoms with E-state index in [4.69, 9.17) is 10.4 Å². The first kappa shape index (κ1) is 14.0. The van der Waals surface area contributed by atoms with Gasteiger partial charge in [-0.15, -0.1) is 0 Å². The maximum atomic E-state index is 12.3. The van der Waals surface area contributed by atoms with Crippen LogP contribution in [0.2, 0.25) is 0 Å². The number of hydrogen-bond acceptors (Lipinski definition) is 3. The van der Waals surface area contributed by atoms with Gasteiger partial charge in [0.2, 0.25) is 5.91 Å². The van der Waals surface area contributed by atoms with E-state index in [1.54, 1.807) is 11.8 Å². The first-order valence-electron chi connectivity index (χ1n) is 6.39. The van der Waals surface area contributed by atoms with Crippen molar-refractivity contribution >= 4 is 5.91 Å². The molecule has 1 rings (SSSR count). The Kier molecular flexibility index (Phi) is 4.95. The summed E-state index contributed by atoms with van der Waals surface area (Å²) in [7, 11) is 0. The van der Waals surface area contributed by atoms with Gasteiger partial charge in [0.1, 0.15) is 5.41 Å². The average Bonchev–Trinajstić information content (AvgIpc) is 2.37. The van der Waals surface area contributed by atoms with Crippen LogP contribution in [0.4, 0.5) is 0 Å². The number of piperidine rings is 1. The number of hydrogen-bond donors (Lipinski definition) is 1. The molecule has 0 aromatic heterocycles. The van der Waals surface area contributed by atoms with E-state index in [0.29, 0.717) is 18.9 Å². The van der Waals surface area contributed by atoms with Crippen LogP contribution in [0.25, 0.3) is 0 Å². The molecule has 2 atom stereocenters. The van der Waals surface area contributed by atoms with Crippen molar-refractivity contribution in [1.29, 1.82) is 5.26 Å². The molecule has 4 heteroatoms. The Balaban J connectivity index is 2.66. The smallest absolute Gasteiger partial charge is 0.242 e. The van der Waals surface area contributed by atoms with Gasteiger partial charge >= 0.3 is 0 Å². The minimum absolute atomic E-state index is 0.0508. The molecule has 0 aromatic rings. The average molecular weight is 238 g/mol. The number of rotatable bonds is 4. The fraction of sp³-hybridized carbons (Fsp3) is 0.846. The normalized spacial score (nSPS) is 23.9. The summed E-state index contributed by atoms with van der Waals surface area (Å²) < 4.78 is 0. The molecule has 4 nitrogen and oxygen atoms in total. The number of carbonyl (C=O) groups is 1. The van der Waals surface area contributed by atoms with Gasteiger partial charge in [0, 0.05) is 19.7 Å². The molecule has 0 aromatic carbocycles. The van der Waals surface area contributed by atoms with Crippen molar-refractivity contribution in [3.8, 4) is 6.07 Å². The van der Waals surface area contributed by atoms with Crippen LogP contribution in [0, 0.1) is 22.7 Å². The largest absolute Gasteiger partial charge is 0.396 e. The number of aliphatic hydroxyl groups excluding tert-OH is 1. The van der Waals surface area contributed by atoms with Crippen molar-refractivity contribution in [1.82, 2.24) is 4.90 Å². The molecule has 0 spiro atoms. The minimum Gasteiger partial charge on any atom is -0.396 e. The van der Waals surface area contributed by atoms with Crippen molar-refractivity contribution in [3.63, 3.8) is 0 Å². The lowest BCUT2D eigenvalue weighted by molar-refractivity contribution is -0.140. The summed E-state index contributed by atoms with van der Waals surface area (Å²) in [5.41, 5.74) is -0.888. The van der Waals surface area contributed by atoms with E-state index in [0.717, 1.165) is 25.8 Å². The number of nitriles is 1. The monoisotopic (exact) mass is 238 g/mol. The van der Waals surface area contributed by atoms with Gasteiger partial charge in [-0.3, -0.25) is 4.79 Å². The van der Waals surface area contributed by atoms with E-state index < -0.39 is 5.41 Å². The summed E-state index contributed by atoms with van der Waals surface area (Å²) >= 11 is 0. The lowest BCUT2D eigenvalue weighted by Crippen LogP contribution is -2.46. The topological polar surface area (TPSA) is 64.3 Å². The minimum atomic E-state index is -0.888. The Hall–Kier alpha value is -1.08. The SMILES string of the molecule is CCC(C)(C#N)C(=O)N1CCCC(CCO)C1. The van der Waals surface area contributed by atoms with E-state index >= 15 is 0 Å². The summed E-state index contributed by atoms with van der Waals surface area (Å²) in [5.74, 6) is 0.336. The van der Waals surface area contributed by atoms with Crippen LogP contribution in [-0.2, 0) is 4.79 Å². The van der Waals surface area contributed by atoms with Crippen molar-refractivity contribution in [2.75, 3.05) is 19.7 Å². The summed E-state index contributed by atoms with van der Waals surface area (Å²) in [4.78, 5) is 14.1. The summed E-state index contributed by atoms with van der Waals surface area (Å²) in [6.45, 7) is 5.20. The molecule has 1 fully saturated rings. The Morgan fingerprint density at radius 2 is 2.35 bits per heavy atom. The molecule has 1 saturated heterocycles. The van der Waals surface area contributed by atoms with Gasteiger partial charge < -0.3 is 10.0 Å². The van der Waals surface area contributed by atoms with Gasteiger partial charge in [0.15, 0.2) is 0 Å². The van der Waals surface area contributed by atoms with E-state index in [9.17, 15) is 4.79 Å². The van der Waals surface area contributed by atoms with Gasteiger partial charge in [-0.2, -0.15) is 5.26 Å². The molecule has 0 saturated carbocycles. The molecule has 1 amide bonds. The first-order chi connectivity index (χ1) is 8.07. The number of carbonyl (C=O) groups excluding carboxylic acids is 1. The highest BCUT2D eigenvalue weighted by atomic mass is 16.3. The number of nitrogens with zero attached hydrogens (tertiary/aromatic N) is 2. The molecule has 2 unspecified atom stereocenters. The van der Waals surface area contributed by atoms with Crippen LogP contribution >= 0.6 is 0 Å². The van der Waals surface area contributed by atoms with E-state index in [1.807, 2.05) is 6.92 Å². The highest BCUT2D eigenvalue weighted by Crippen LogP contribution is 2.27. The van der Waals surface area contributed by atoms with Crippen LogP contribution in [0.15, 0.2) is 0 Å². The molecular weight excluding hydrogens is 216 g/mol. The maximum absolute atomic E-state index is 12.3. The van der Waals surface area contributed by atoms with E-state index in [-0.39, 0.29) is 12.5 Å². The zero-order valence-electron chi connectivity index (χ0n) is 10.8. The summed E-state index contributed by atoms with van der Waals surface area (Å²) in [6.07, 6.45) is 3.34. The van der Waals surface area contributed by atoms with Crippen molar-refractivity contribution in [2.24, 2.45) is 11.3 Å². The third-order valence-corrected chi connectivity index (χ3v) is 3.77. The molecule has 1 aliphatic heterocycles. The number of aliphatic hydroxyl groups is 1. The van der Waals surface area contributed by atoms with Crippen LogP contribution in [0.5, 0.6) is 0 Å². The van der Waals surface area contributed by atoms with Crippen molar-refractivity contribution < 1.29 is 9.90 Å². The van der Waals surface area contributed by atoms with Crippen molar-refractivity contribution in [2.45, 2.75) is 39.5 Å². The fourth-order valence-electron chi connectivity index (χ4n) is 2.29. The molecule has 1 N–H and O–H groups in total. The molecule has 96 valence electrons. The van der Waals surface area contributed by atoms with Crippen molar-refractivity contribution in [3.05, 3.63) is 0 Å². The van der Waals surface area contributed by atoms with Gasteiger partial charge in [-0.05, 0) is 38.5 Å². The predicted octanol–water partition coefficient (Wildman–Crippen LogP) is 1.55. The number of amides is 1. The second-order valence-corrected chi connectivity index (χ2v) is 5.07. The quantitative estimate of drug-likeness (QED) is 0.808. The highest BCUT2D eigenvalue weighted by Gasteiger charge is 2.36. The Morgan fingerprint density at radius 1 is 1.65 bits per heavy atom. The zero-order chi connectivity index (χ0) is 12.9. The summed E-state index contributed by atoms with van der Waals surface area (Å²) in [5, 5.41) is 18.1. The predicted molar refractivity (Wildman–Crippen MR) is 65.0 cm³/mol. The second kappa shape index (κ2) is 6.02. The van der Waals surface area contributed by atoms with Crippen LogP contribution in [0.1, 0.15) is 39.5 Å². The standard InChI is InChI=1S/C13H22N2O2/c1-3-13(2,10-14)12(17)15-7-4-5-11(9-15)6-8-16/h11,16H,3-9H2,1-2H3. The molecule has 0 bridgehead atoms. The molecule has 1 aliphatic rings. The van der Waals surface area contributed by atoms with Crippen LogP contribution < -0.4 is 0 Å². The fourth-order valence-corrected chi connectivity index (χ4v) is 2.29. The van der Waals surface area contributed by atoms with Gasteiger partial charge in [0.25, 0.3) is 0 Å². The van der Waals surface area contributed by atoms with Gasteiger partial charge in [-0.25, -0.2) is 0 Å². The van der Waals surface area contributed by atoms with E-state index in [1.165, 1.54) is 0 Å². The molecule has 0 aliphatic carbocycles.